The normalized spacial score (nSPS) is 18.2. The van der Waals surface area contributed by atoms with Crippen LogP contribution in [0.1, 0.15) is 79.0 Å². The molecule has 0 fully saturated rings. The van der Waals surface area contributed by atoms with E-state index in [9.17, 15) is 4.39 Å². The molecule has 2 aromatic heterocycles. The Hall–Kier alpha value is -2.83. The van der Waals surface area contributed by atoms with Crippen LogP contribution in [-0.4, -0.2) is 34.6 Å². The van der Waals surface area contributed by atoms with Gasteiger partial charge in [0.1, 0.15) is 31.3 Å². The van der Waals surface area contributed by atoms with Crippen molar-refractivity contribution in [3.63, 3.8) is 0 Å². The van der Waals surface area contributed by atoms with Crippen LogP contribution in [0.5, 0.6) is 0 Å². The van der Waals surface area contributed by atoms with Gasteiger partial charge in [-0.15, -0.1) is 0 Å². The maximum Gasteiger partial charge on any atom is 0.125 e. The average molecular weight is 453 g/mol. The Kier molecular flexibility index (Phi) is 7.05. The fraction of sp³-hybridized carbons (Fsp3) is 0.538. The molecule has 2 aromatic rings. The first-order chi connectivity index (χ1) is 15.9. The van der Waals surface area contributed by atoms with Gasteiger partial charge in [0.05, 0.1) is 11.4 Å². The van der Waals surface area contributed by atoms with Gasteiger partial charge in [0.15, 0.2) is 0 Å². The topological polar surface area (TPSA) is 69.0 Å². The van der Waals surface area contributed by atoms with E-state index in [4.69, 9.17) is 9.68 Å². The molecule has 7 heteroatoms. The molecule has 0 atom stereocenters. The summed E-state index contributed by atoms with van der Waals surface area (Å²) in [5, 5.41) is 8.82. The monoisotopic (exact) mass is 452 g/mol. The van der Waals surface area contributed by atoms with Crippen LogP contribution in [0.15, 0.2) is 28.5 Å². The summed E-state index contributed by atoms with van der Waals surface area (Å²) >= 11 is 0. The summed E-state index contributed by atoms with van der Waals surface area (Å²) in [6.07, 6.45) is 5.50. The molecule has 4 rings (SSSR count). The molecule has 0 unspecified atom stereocenters. The molecule has 0 aliphatic heterocycles. The number of halogens is 1. The first-order valence-corrected chi connectivity index (χ1v) is 11.8. The quantitative estimate of drug-likeness (QED) is 0.527. The molecule has 0 N–H and O–H groups in total. The van der Waals surface area contributed by atoms with Gasteiger partial charge in [-0.05, 0) is 81.2 Å². The van der Waals surface area contributed by atoms with Crippen molar-refractivity contribution in [2.45, 2.75) is 72.9 Å². The summed E-state index contributed by atoms with van der Waals surface area (Å²) in [5.41, 5.74) is 7.89. The minimum absolute atomic E-state index is 0.284. The van der Waals surface area contributed by atoms with Gasteiger partial charge in [0, 0.05) is 16.8 Å². The Bertz CT molecular complexity index is 1080. The molecule has 6 nitrogen and oxygen atoms in total. The molecule has 2 aliphatic carbocycles. The van der Waals surface area contributed by atoms with Crippen LogP contribution in [0, 0.1) is 19.3 Å². The van der Waals surface area contributed by atoms with E-state index >= 15 is 0 Å². The second-order valence-corrected chi connectivity index (χ2v) is 9.84. The summed E-state index contributed by atoms with van der Waals surface area (Å²) in [5.74, 6) is 0. The molecular formula is C26H33FN4O2. The van der Waals surface area contributed by atoms with Crippen molar-refractivity contribution in [2.75, 3.05) is 13.2 Å². The van der Waals surface area contributed by atoms with Crippen LogP contribution in [0.3, 0.4) is 0 Å². The van der Waals surface area contributed by atoms with E-state index in [1.54, 1.807) is 0 Å². The molecule has 0 saturated carbocycles. The zero-order chi connectivity index (χ0) is 23.4. The number of pyridine rings is 2. The summed E-state index contributed by atoms with van der Waals surface area (Å²) in [6, 6.07) is 6.01. The van der Waals surface area contributed by atoms with Crippen molar-refractivity contribution in [2.24, 2.45) is 15.7 Å². The van der Waals surface area contributed by atoms with Gasteiger partial charge >= 0.3 is 0 Å². The number of hydrogen-bond donors (Lipinski definition) is 0. The molecular weight excluding hydrogens is 419 g/mol. The number of fused-ring (bicyclic) bond motifs is 2. The highest BCUT2D eigenvalue weighted by atomic mass is 19.1. The standard InChI is InChI=1S/C26H33FN4O2/c1-17-11-12-19-7-5-9-22(24(19)28-17)30-32-15-26(3,4)16-33-31-23-10-6-8-21-20(14-27)13-18(2)29-25(21)23/h11-13H,5-10,14-16H2,1-4H3. The molecule has 0 aromatic carbocycles. The SMILES string of the molecule is Cc1ccc2c(n1)C(=NOCC(C)(C)CON=C1CCCc3c(CF)cc(C)nc31)CCC2. The zero-order valence-corrected chi connectivity index (χ0v) is 20.1. The summed E-state index contributed by atoms with van der Waals surface area (Å²) in [4.78, 5) is 20.8. The van der Waals surface area contributed by atoms with Crippen LogP contribution >= 0.6 is 0 Å². The maximum atomic E-state index is 13.5. The van der Waals surface area contributed by atoms with E-state index in [0.717, 1.165) is 78.3 Å². The lowest BCUT2D eigenvalue weighted by molar-refractivity contribution is -0.000312. The number of hydrogen-bond acceptors (Lipinski definition) is 6. The van der Waals surface area contributed by atoms with Crippen LogP contribution in [0.25, 0.3) is 0 Å². The van der Waals surface area contributed by atoms with Gasteiger partial charge in [-0.2, -0.15) is 0 Å². The Morgan fingerprint density at radius 2 is 1.52 bits per heavy atom. The third kappa shape index (κ3) is 5.57. The lowest BCUT2D eigenvalue weighted by atomic mass is 9.90. The van der Waals surface area contributed by atoms with Gasteiger partial charge in [0.2, 0.25) is 0 Å². The number of aryl methyl sites for hydroxylation is 3. The molecule has 0 saturated heterocycles. The molecule has 0 bridgehead atoms. The highest BCUT2D eigenvalue weighted by Crippen LogP contribution is 2.26. The van der Waals surface area contributed by atoms with Gasteiger partial charge in [-0.25, -0.2) is 4.39 Å². The van der Waals surface area contributed by atoms with Crippen LogP contribution in [-0.2, 0) is 29.2 Å². The Balaban J connectivity index is 1.38. The maximum absolute atomic E-state index is 13.5. The summed E-state index contributed by atoms with van der Waals surface area (Å²) in [7, 11) is 0. The Labute approximate surface area is 195 Å². The minimum Gasteiger partial charge on any atom is -0.395 e. The van der Waals surface area contributed by atoms with E-state index in [2.05, 4.69) is 40.2 Å². The molecule has 2 aliphatic rings. The number of aromatic nitrogens is 2. The van der Waals surface area contributed by atoms with E-state index < -0.39 is 6.67 Å². The van der Waals surface area contributed by atoms with Crippen molar-refractivity contribution in [3.8, 4) is 0 Å². The van der Waals surface area contributed by atoms with Crippen molar-refractivity contribution < 1.29 is 14.1 Å². The first kappa shape index (κ1) is 23.3. The van der Waals surface area contributed by atoms with Gasteiger partial charge in [-0.3, -0.25) is 9.97 Å². The van der Waals surface area contributed by atoms with Crippen LogP contribution in [0.4, 0.5) is 4.39 Å². The first-order valence-electron chi connectivity index (χ1n) is 11.8. The number of nitrogens with zero attached hydrogens (tertiary/aromatic N) is 4. The zero-order valence-electron chi connectivity index (χ0n) is 20.1. The van der Waals surface area contributed by atoms with E-state index in [1.165, 1.54) is 5.56 Å². The Morgan fingerprint density at radius 3 is 2.21 bits per heavy atom. The molecule has 176 valence electrons. The lowest BCUT2D eigenvalue weighted by Crippen LogP contribution is -2.25. The van der Waals surface area contributed by atoms with Gasteiger partial charge in [0.25, 0.3) is 0 Å². The van der Waals surface area contributed by atoms with Crippen LogP contribution in [0.2, 0.25) is 0 Å². The van der Waals surface area contributed by atoms with E-state index in [1.807, 2.05) is 26.0 Å². The molecule has 2 heterocycles. The summed E-state index contributed by atoms with van der Waals surface area (Å²) in [6.45, 7) is 8.30. The third-order valence-electron chi connectivity index (χ3n) is 6.11. The van der Waals surface area contributed by atoms with Crippen LogP contribution < -0.4 is 0 Å². The molecule has 0 radical (unpaired) electrons. The third-order valence-corrected chi connectivity index (χ3v) is 6.11. The second kappa shape index (κ2) is 9.98. The van der Waals surface area contributed by atoms with Crippen molar-refractivity contribution in [3.05, 3.63) is 57.7 Å². The fourth-order valence-corrected chi connectivity index (χ4v) is 4.35. The van der Waals surface area contributed by atoms with Crippen molar-refractivity contribution in [1.29, 1.82) is 0 Å². The molecule has 0 spiro atoms. The fourth-order valence-electron chi connectivity index (χ4n) is 4.35. The second-order valence-electron chi connectivity index (χ2n) is 9.84. The van der Waals surface area contributed by atoms with Crippen molar-refractivity contribution >= 4 is 11.4 Å². The number of oxime groups is 2. The predicted molar refractivity (Wildman–Crippen MR) is 127 cm³/mol. The largest absolute Gasteiger partial charge is 0.395 e. The van der Waals surface area contributed by atoms with Crippen molar-refractivity contribution in [1.82, 2.24) is 9.97 Å². The Morgan fingerprint density at radius 1 is 0.879 bits per heavy atom. The molecule has 0 amide bonds. The smallest absolute Gasteiger partial charge is 0.125 e. The lowest BCUT2D eigenvalue weighted by Gasteiger charge is -2.23. The predicted octanol–water partition coefficient (Wildman–Crippen LogP) is 5.40. The van der Waals surface area contributed by atoms with E-state index in [0.29, 0.717) is 18.8 Å². The van der Waals surface area contributed by atoms with Gasteiger partial charge < -0.3 is 9.68 Å². The number of rotatable bonds is 7. The summed E-state index contributed by atoms with van der Waals surface area (Å²) < 4.78 is 13.5. The van der Waals surface area contributed by atoms with E-state index in [-0.39, 0.29) is 5.41 Å². The van der Waals surface area contributed by atoms with Gasteiger partial charge in [-0.1, -0.05) is 30.2 Å². The number of alkyl halides is 1. The average Bonchev–Trinajstić information content (AvgIpc) is 2.79. The molecule has 33 heavy (non-hydrogen) atoms. The highest BCUT2D eigenvalue weighted by molar-refractivity contribution is 6.01. The highest BCUT2D eigenvalue weighted by Gasteiger charge is 2.24. The minimum atomic E-state index is -0.480.